The maximum absolute atomic E-state index is 11.6. The van der Waals surface area contributed by atoms with Gasteiger partial charge >= 0.3 is 5.97 Å². The summed E-state index contributed by atoms with van der Waals surface area (Å²) in [5.74, 6) is -1.80. The van der Waals surface area contributed by atoms with Crippen LogP contribution in [-0.4, -0.2) is 28.9 Å². The van der Waals surface area contributed by atoms with Gasteiger partial charge in [-0.15, -0.1) is 11.3 Å². The standard InChI is InChI=1S/C10H9BrClNO3S/c1-13-7(14)2-4(10(15)16)8(13)6-3-5(11)9(12)17-6/h3-4,8H,2H2,1H3,(H,15,16). The summed E-state index contributed by atoms with van der Waals surface area (Å²) in [7, 11) is 1.62. The van der Waals surface area contributed by atoms with Gasteiger partial charge in [0.05, 0.1) is 12.0 Å². The predicted molar refractivity (Wildman–Crippen MR) is 68.3 cm³/mol. The number of nitrogens with zero attached hydrogens (tertiary/aromatic N) is 1. The van der Waals surface area contributed by atoms with E-state index in [2.05, 4.69) is 15.9 Å². The molecular weight excluding hydrogens is 330 g/mol. The number of carbonyl (C=O) groups excluding carboxylic acids is 1. The molecule has 2 rings (SSSR count). The Kier molecular flexibility index (Phi) is 3.47. The maximum Gasteiger partial charge on any atom is 0.309 e. The van der Waals surface area contributed by atoms with Crippen molar-refractivity contribution in [2.24, 2.45) is 5.92 Å². The summed E-state index contributed by atoms with van der Waals surface area (Å²) < 4.78 is 1.30. The van der Waals surface area contributed by atoms with Crippen LogP contribution in [0.15, 0.2) is 10.5 Å². The van der Waals surface area contributed by atoms with Gasteiger partial charge in [-0.2, -0.15) is 0 Å². The molecule has 2 unspecified atom stereocenters. The number of carboxylic acids is 1. The van der Waals surface area contributed by atoms with Gasteiger partial charge in [-0.1, -0.05) is 11.6 Å². The first-order valence-corrected chi connectivity index (χ1v) is 6.83. The highest BCUT2D eigenvalue weighted by Crippen LogP contribution is 2.43. The van der Waals surface area contributed by atoms with Crippen LogP contribution in [0.2, 0.25) is 4.34 Å². The number of carbonyl (C=O) groups is 2. The summed E-state index contributed by atoms with van der Waals surface area (Å²) in [6.45, 7) is 0. The van der Waals surface area contributed by atoms with E-state index < -0.39 is 17.9 Å². The van der Waals surface area contributed by atoms with Crippen molar-refractivity contribution in [3.8, 4) is 0 Å². The van der Waals surface area contributed by atoms with E-state index in [4.69, 9.17) is 16.7 Å². The summed E-state index contributed by atoms with van der Waals surface area (Å²) in [6, 6.07) is 1.36. The van der Waals surface area contributed by atoms with Gasteiger partial charge in [-0.25, -0.2) is 0 Å². The topological polar surface area (TPSA) is 57.6 Å². The van der Waals surface area contributed by atoms with Crippen molar-refractivity contribution in [1.29, 1.82) is 0 Å². The van der Waals surface area contributed by atoms with E-state index in [1.807, 2.05) is 0 Å². The van der Waals surface area contributed by atoms with Crippen LogP contribution < -0.4 is 0 Å². The second-order valence-corrected chi connectivity index (χ2v) is 6.41. The first kappa shape index (κ1) is 12.9. The minimum Gasteiger partial charge on any atom is -0.481 e. The van der Waals surface area contributed by atoms with Gasteiger partial charge in [-0.3, -0.25) is 9.59 Å². The van der Waals surface area contributed by atoms with Gasteiger partial charge < -0.3 is 10.0 Å². The number of rotatable bonds is 2. The Hall–Kier alpha value is -0.590. The Labute approximate surface area is 115 Å². The number of amides is 1. The Morgan fingerprint density at radius 3 is 2.82 bits per heavy atom. The van der Waals surface area contributed by atoms with E-state index in [0.29, 0.717) is 4.34 Å². The highest BCUT2D eigenvalue weighted by molar-refractivity contribution is 9.10. The first-order valence-electron chi connectivity index (χ1n) is 4.85. The second kappa shape index (κ2) is 4.59. The van der Waals surface area contributed by atoms with Crippen molar-refractivity contribution in [3.63, 3.8) is 0 Å². The van der Waals surface area contributed by atoms with E-state index in [9.17, 15) is 9.59 Å². The molecule has 0 saturated carbocycles. The van der Waals surface area contributed by atoms with Crippen molar-refractivity contribution in [2.75, 3.05) is 7.05 Å². The molecule has 2 heterocycles. The Morgan fingerprint density at radius 1 is 1.71 bits per heavy atom. The average molecular weight is 339 g/mol. The van der Waals surface area contributed by atoms with Crippen LogP contribution in [0.3, 0.4) is 0 Å². The SMILES string of the molecule is CN1C(=O)CC(C(=O)O)C1c1cc(Br)c(Cl)s1. The molecule has 1 saturated heterocycles. The summed E-state index contributed by atoms with van der Waals surface area (Å²) in [4.78, 5) is 25.0. The molecule has 1 aromatic rings. The van der Waals surface area contributed by atoms with E-state index in [1.54, 1.807) is 13.1 Å². The molecule has 2 atom stereocenters. The summed E-state index contributed by atoms with van der Waals surface area (Å²) in [5, 5.41) is 9.14. The minimum atomic E-state index is -0.951. The third-order valence-corrected chi connectivity index (χ3v) is 5.40. The third-order valence-electron chi connectivity index (χ3n) is 2.86. The van der Waals surface area contributed by atoms with Gasteiger partial charge in [0.1, 0.15) is 4.34 Å². The zero-order valence-corrected chi connectivity index (χ0v) is 12.0. The minimum absolute atomic E-state index is 0.0453. The summed E-state index contributed by atoms with van der Waals surface area (Å²) in [6.07, 6.45) is 0.0453. The van der Waals surface area contributed by atoms with Gasteiger partial charge in [0, 0.05) is 22.8 Å². The van der Waals surface area contributed by atoms with Gasteiger partial charge in [0.2, 0.25) is 5.91 Å². The van der Waals surface area contributed by atoms with E-state index >= 15 is 0 Å². The zero-order chi connectivity index (χ0) is 12.7. The van der Waals surface area contributed by atoms with Crippen LogP contribution in [0.5, 0.6) is 0 Å². The van der Waals surface area contributed by atoms with E-state index in [-0.39, 0.29) is 12.3 Å². The van der Waals surface area contributed by atoms with Crippen molar-refractivity contribution in [2.45, 2.75) is 12.5 Å². The molecular formula is C10H9BrClNO3S. The van der Waals surface area contributed by atoms with Crippen molar-refractivity contribution in [3.05, 3.63) is 19.8 Å². The number of aliphatic carboxylic acids is 1. The molecule has 1 N–H and O–H groups in total. The molecule has 0 bridgehead atoms. The average Bonchev–Trinajstić information content (AvgIpc) is 2.71. The Balaban J connectivity index is 2.40. The summed E-state index contributed by atoms with van der Waals surface area (Å²) in [5.41, 5.74) is 0. The molecule has 0 aromatic carbocycles. The zero-order valence-electron chi connectivity index (χ0n) is 8.81. The molecule has 4 nitrogen and oxygen atoms in total. The molecule has 7 heteroatoms. The lowest BCUT2D eigenvalue weighted by atomic mass is 9.99. The van der Waals surface area contributed by atoms with Crippen molar-refractivity contribution < 1.29 is 14.7 Å². The quantitative estimate of drug-likeness (QED) is 0.902. The number of likely N-dealkylation sites (tertiary alicyclic amines) is 1. The molecule has 17 heavy (non-hydrogen) atoms. The number of thiophene rings is 1. The lowest BCUT2D eigenvalue weighted by Gasteiger charge is -2.21. The highest BCUT2D eigenvalue weighted by atomic mass is 79.9. The highest BCUT2D eigenvalue weighted by Gasteiger charge is 2.43. The predicted octanol–water partition coefficient (Wildman–Crippen LogP) is 2.77. The van der Waals surface area contributed by atoms with Crippen LogP contribution in [-0.2, 0) is 9.59 Å². The van der Waals surface area contributed by atoms with Crippen LogP contribution in [0.4, 0.5) is 0 Å². The van der Waals surface area contributed by atoms with E-state index in [1.165, 1.54) is 16.2 Å². The molecule has 1 aliphatic heterocycles. The molecule has 1 aromatic heterocycles. The van der Waals surface area contributed by atoms with Gasteiger partial charge in [-0.05, 0) is 22.0 Å². The van der Waals surface area contributed by atoms with E-state index in [0.717, 1.165) is 9.35 Å². The van der Waals surface area contributed by atoms with Crippen molar-refractivity contribution in [1.82, 2.24) is 4.90 Å². The normalized spacial score (nSPS) is 24.4. The van der Waals surface area contributed by atoms with Crippen LogP contribution in [0.25, 0.3) is 0 Å². The second-order valence-electron chi connectivity index (χ2n) is 3.87. The molecule has 1 amide bonds. The van der Waals surface area contributed by atoms with Crippen LogP contribution in [0, 0.1) is 5.92 Å². The Morgan fingerprint density at radius 2 is 2.35 bits per heavy atom. The smallest absolute Gasteiger partial charge is 0.309 e. The number of halogens is 2. The fourth-order valence-corrected chi connectivity index (χ4v) is 3.94. The lowest BCUT2D eigenvalue weighted by Crippen LogP contribution is -2.26. The molecule has 0 radical (unpaired) electrons. The largest absolute Gasteiger partial charge is 0.481 e. The third kappa shape index (κ3) is 2.21. The monoisotopic (exact) mass is 337 g/mol. The maximum atomic E-state index is 11.6. The molecule has 1 fully saturated rings. The fraction of sp³-hybridized carbons (Fsp3) is 0.400. The summed E-state index contributed by atoms with van der Waals surface area (Å²) >= 11 is 10.5. The first-order chi connectivity index (χ1) is 7.91. The lowest BCUT2D eigenvalue weighted by molar-refractivity contribution is -0.142. The molecule has 1 aliphatic rings. The number of hydrogen-bond donors (Lipinski definition) is 1. The Bertz CT molecular complexity index is 470. The number of carboxylic acid groups (broad SMARTS) is 1. The van der Waals surface area contributed by atoms with Crippen molar-refractivity contribution >= 4 is 50.7 Å². The van der Waals surface area contributed by atoms with Gasteiger partial charge in [0.15, 0.2) is 0 Å². The van der Waals surface area contributed by atoms with Crippen LogP contribution in [0.1, 0.15) is 17.3 Å². The molecule has 0 aliphatic carbocycles. The van der Waals surface area contributed by atoms with Crippen LogP contribution >= 0.6 is 38.9 Å². The number of hydrogen-bond acceptors (Lipinski definition) is 3. The fourth-order valence-electron chi connectivity index (χ4n) is 1.99. The molecule has 92 valence electrons. The molecule has 0 spiro atoms. The van der Waals surface area contributed by atoms with Gasteiger partial charge in [0.25, 0.3) is 0 Å².